The number of fused-ring (bicyclic) bond motifs is 1. The Morgan fingerprint density at radius 3 is 2.69 bits per heavy atom. The van der Waals surface area contributed by atoms with Crippen LogP contribution in [0.2, 0.25) is 0 Å². The number of nitrogens with one attached hydrogen (secondary N) is 2. The second-order valence-electron chi connectivity index (χ2n) is 9.21. The first kappa shape index (κ1) is 23.6. The predicted molar refractivity (Wildman–Crippen MR) is 142 cm³/mol. The van der Waals surface area contributed by atoms with Crippen molar-refractivity contribution < 1.29 is 9.53 Å². The van der Waals surface area contributed by atoms with Crippen molar-refractivity contribution in [3.8, 4) is 5.75 Å². The zero-order valence-electron chi connectivity index (χ0n) is 20.3. The number of ether oxygens (including phenoxy) is 1. The van der Waals surface area contributed by atoms with E-state index in [2.05, 4.69) is 49.6 Å². The maximum absolute atomic E-state index is 12.1. The lowest BCUT2D eigenvalue weighted by atomic mass is 9.91. The number of carbonyl (C=O) groups excluding carboxylic acids is 1. The van der Waals surface area contributed by atoms with Crippen molar-refractivity contribution >= 4 is 34.3 Å². The van der Waals surface area contributed by atoms with Gasteiger partial charge in [0.25, 0.3) is 5.91 Å². The average Bonchev–Trinajstić information content (AvgIpc) is 3.28. The molecule has 4 aromatic rings. The van der Waals surface area contributed by atoms with Crippen molar-refractivity contribution in [2.24, 2.45) is 11.5 Å². The largest absolute Gasteiger partial charge is 0.497 e. The molecule has 1 aliphatic carbocycles. The molecule has 1 aliphatic rings. The Morgan fingerprint density at radius 1 is 1.14 bits per heavy atom. The number of nitrogens with two attached hydrogens (primary N) is 2. The van der Waals surface area contributed by atoms with Crippen LogP contribution in [0.5, 0.6) is 5.75 Å². The first-order valence-electron chi connectivity index (χ1n) is 12.2. The fourth-order valence-corrected chi connectivity index (χ4v) is 4.70. The highest BCUT2D eigenvalue weighted by Gasteiger charge is 2.23. The van der Waals surface area contributed by atoms with Crippen LogP contribution in [0.25, 0.3) is 10.9 Å². The van der Waals surface area contributed by atoms with Gasteiger partial charge in [0.2, 0.25) is 5.95 Å². The minimum atomic E-state index is -0.595. The molecule has 9 heteroatoms. The van der Waals surface area contributed by atoms with Crippen LogP contribution in [0.3, 0.4) is 0 Å². The van der Waals surface area contributed by atoms with Gasteiger partial charge in [-0.1, -0.05) is 31.0 Å². The zero-order chi connectivity index (χ0) is 25.1. The van der Waals surface area contributed by atoms with E-state index < -0.39 is 5.91 Å². The molecule has 186 valence electrons. The first-order chi connectivity index (χ1) is 17.5. The number of amides is 1. The number of nitrogens with zero attached hydrogens (tertiary/aromatic N) is 3. The zero-order valence-corrected chi connectivity index (χ0v) is 20.3. The van der Waals surface area contributed by atoms with Crippen molar-refractivity contribution in [3.63, 3.8) is 0 Å². The highest BCUT2D eigenvalue weighted by molar-refractivity contribution is 5.98. The molecule has 6 N–H and O–H groups in total. The van der Waals surface area contributed by atoms with Crippen LogP contribution in [0.1, 0.15) is 41.6 Å². The van der Waals surface area contributed by atoms with Crippen molar-refractivity contribution in [2.75, 3.05) is 17.7 Å². The molecule has 0 radical (unpaired) electrons. The van der Waals surface area contributed by atoms with Gasteiger partial charge in [-0.05, 0) is 54.1 Å². The molecule has 0 bridgehead atoms. The summed E-state index contributed by atoms with van der Waals surface area (Å²) in [7, 11) is 1.66. The Balaban J connectivity index is 1.40. The molecule has 9 nitrogen and oxygen atoms in total. The van der Waals surface area contributed by atoms with E-state index >= 15 is 0 Å². The maximum atomic E-state index is 12.1. The molecule has 0 saturated heterocycles. The Bertz CT molecular complexity index is 1370. The van der Waals surface area contributed by atoms with Gasteiger partial charge in [-0.25, -0.2) is 4.98 Å². The van der Waals surface area contributed by atoms with E-state index in [9.17, 15) is 4.79 Å². The molecule has 2 atom stereocenters. The lowest BCUT2D eigenvalue weighted by Crippen LogP contribution is -2.43. The van der Waals surface area contributed by atoms with Crippen molar-refractivity contribution in [1.29, 1.82) is 0 Å². The second-order valence-corrected chi connectivity index (χ2v) is 9.21. The summed E-state index contributed by atoms with van der Waals surface area (Å²) in [6.07, 6.45) is 7.71. The van der Waals surface area contributed by atoms with Crippen LogP contribution in [-0.4, -0.2) is 39.6 Å². The van der Waals surface area contributed by atoms with Crippen molar-refractivity contribution in [3.05, 3.63) is 72.1 Å². The fourth-order valence-electron chi connectivity index (χ4n) is 4.70. The third-order valence-electron chi connectivity index (χ3n) is 6.74. The van der Waals surface area contributed by atoms with Crippen LogP contribution in [0.15, 0.2) is 60.9 Å². The van der Waals surface area contributed by atoms with Crippen LogP contribution in [0, 0.1) is 0 Å². The lowest BCUT2D eigenvalue weighted by Gasteiger charge is -2.29. The number of benzene rings is 2. The molecule has 1 amide bonds. The number of anilines is 3. The topological polar surface area (TPSA) is 133 Å². The van der Waals surface area contributed by atoms with Crippen LogP contribution in [0.4, 0.5) is 17.5 Å². The minimum absolute atomic E-state index is 0.0514. The van der Waals surface area contributed by atoms with E-state index in [0.29, 0.717) is 18.3 Å². The van der Waals surface area contributed by atoms with Crippen LogP contribution >= 0.6 is 0 Å². The van der Waals surface area contributed by atoms with Crippen LogP contribution in [-0.2, 0) is 6.54 Å². The van der Waals surface area contributed by atoms with Gasteiger partial charge in [0.05, 0.1) is 12.6 Å². The van der Waals surface area contributed by atoms with Gasteiger partial charge in [0.1, 0.15) is 17.1 Å². The van der Waals surface area contributed by atoms with Gasteiger partial charge in [-0.2, -0.15) is 4.98 Å². The van der Waals surface area contributed by atoms with Gasteiger partial charge in [0.15, 0.2) is 0 Å². The summed E-state index contributed by atoms with van der Waals surface area (Å²) in [6.45, 7) is 0.715. The number of hydrogen-bond acceptors (Lipinski definition) is 7. The molecule has 2 heterocycles. The molecule has 2 aromatic heterocycles. The van der Waals surface area contributed by atoms with Gasteiger partial charge in [0, 0.05) is 36.7 Å². The average molecular weight is 486 g/mol. The van der Waals surface area contributed by atoms with E-state index in [1.54, 1.807) is 7.11 Å². The highest BCUT2D eigenvalue weighted by Crippen LogP contribution is 2.26. The van der Waals surface area contributed by atoms with Gasteiger partial charge >= 0.3 is 0 Å². The molecule has 1 fully saturated rings. The van der Waals surface area contributed by atoms with Crippen molar-refractivity contribution in [1.82, 2.24) is 14.5 Å². The predicted octanol–water partition coefficient (Wildman–Crippen LogP) is 4.01. The normalized spacial score (nSPS) is 17.6. The molecule has 1 saturated carbocycles. The molecule has 36 heavy (non-hydrogen) atoms. The quantitative estimate of drug-likeness (QED) is 0.296. The van der Waals surface area contributed by atoms with E-state index in [1.165, 1.54) is 6.20 Å². The standard InChI is InChI=1S/C27H31N7O2/c1-36-20-10-6-17(7-11-20)16-34-13-12-18-8-9-19(14-24(18)34)31-26-21(25(29)35)15-30-27(33-26)32-23-5-3-2-4-22(23)28/h6-15,22-23H,2-5,16,28H2,1H3,(H2,29,35)(H2,30,31,32,33)/t22-,23+/m0/s1. The molecular weight excluding hydrogens is 454 g/mol. The minimum Gasteiger partial charge on any atom is -0.497 e. The second kappa shape index (κ2) is 10.2. The first-order valence-corrected chi connectivity index (χ1v) is 12.2. The third kappa shape index (κ3) is 5.11. The van der Waals surface area contributed by atoms with E-state index in [0.717, 1.165) is 53.6 Å². The summed E-state index contributed by atoms with van der Waals surface area (Å²) in [5.41, 5.74) is 15.1. The van der Waals surface area contributed by atoms with Crippen LogP contribution < -0.4 is 26.8 Å². The number of rotatable bonds is 8. The Hall–Kier alpha value is -4.11. The summed E-state index contributed by atoms with van der Waals surface area (Å²) in [4.78, 5) is 21.0. The number of primary amides is 1. The van der Waals surface area contributed by atoms with E-state index in [-0.39, 0.29) is 17.6 Å². The SMILES string of the molecule is COc1ccc(Cn2ccc3ccc(Nc4nc(N[C@@H]5CCCC[C@@H]5N)ncc4C(N)=O)cc32)cc1. The summed E-state index contributed by atoms with van der Waals surface area (Å²) >= 11 is 0. The molecule has 0 unspecified atom stereocenters. The molecule has 5 rings (SSSR count). The Labute approximate surface area is 209 Å². The molecular formula is C27H31N7O2. The fraction of sp³-hybridized carbons (Fsp3) is 0.296. The van der Waals surface area contributed by atoms with Crippen molar-refractivity contribution in [2.45, 2.75) is 44.3 Å². The van der Waals surface area contributed by atoms with Gasteiger partial charge in [-0.3, -0.25) is 4.79 Å². The van der Waals surface area contributed by atoms with Gasteiger partial charge < -0.3 is 31.4 Å². The Kier molecular flexibility index (Phi) is 6.73. The monoisotopic (exact) mass is 485 g/mol. The van der Waals surface area contributed by atoms with E-state index in [1.807, 2.05) is 30.3 Å². The highest BCUT2D eigenvalue weighted by atomic mass is 16.5. The maximum Gasteiger partial charge on any atom is 0.254 e. The van der Waals surface area contributed by atoms with E-state index in [4.69, 9.17) is 16.2 Å². The summed E-state index contributed by atoms with van der Waals surface area (Å²) in [5, 5.41) is 7.73. The number of carbonyl (C=O) groups is 1. The Morgan fingerprint density at radius 2 is 1.94 bits per heavy atom. The summed E-state index contributed by atoms with van der Waals surface area (Å²) in [5.74, 6) is 1.02. The smallest absolute Gasteiger partial charge is 0.254 e. The summed E-state index contributed by atoms with van der Waals surface area (Å²) < 4.78 is 7.44. The number of methoxy groups -OCH3 is 1. The molecule has 2 aromatic carbocycles. The summed E-state index contributed by atoms with van der Waals surface area (Å²) in [6, 6.07) is 16.3. The molecule has 0 aliphatic heterocycles. The number of aromatic nitrogens is 3. The number of hydrogen-bond donors (Lipinski definition) is 4. The third-order valence-corrected chi connectivity index (χ3v) is 6.74. The van der Waals surface area contributed by atoms with Gasteiger partial charge in [-0.15, -0.1) is 0 Å². The molecule has 0 spiro atoms. The lowest BCUT2D eigenvalue weighted by molar-refractivity contribution is 0.100.